The van der Waals surface area contributed by atoms with Crippen molar-refractivity contribution in [1.29, 1.82) is 0 Å². The number of aromatic nitrogens is 1. The number of furan rings is 1. The summed E-state index contributed by atoms with van der Waals surface area (Å²) < 4.78 is 11.3. The molecule has 3 aromatic heterocycles. The number of hydrogen-bond acceptors (Lipinski definition) is 3. The smallest absolute Gasteiger partial charge is 0.154 e. The Labute approximate surface area is 281 Å². The average molecular weight is 633 g/mol. The predicted molar refractivity (Wildman–Crippen MR) is 204 cm³/mol. The zero-order valence-electron chi connectivity index (χ0n) is 25.9. The zero-order chi connectivity index (χ0) is 31.6. The van der Waals surface area contributed by atoms with Gasteiger partial charge in [-0.2, -0.15) is 0 Å². The molecular weight excluding hydrogens is 605 g/mol. The summed E-state index contributed by atoms with van der Waals surface area (Å²) >= 11 is 1.80. The van der Waals surface area contributed by atoms with Crippen molar-refractivity contribution < 1.29 is 4.42 Å². The van der Waals surface area contributed by atoms with Crippen LogP contribution in [0.4, 0.5) is 17.1 Å². The van der Waals surface area contributed by atoms with Gasteiger partial charge in [-0.15, -0.1) is 11.3 Å². The van der Waals surface area contributed by atoms with E-state index in [2.05, 4.69) is 179 Å². The maximum absolute atomic E-state index is 6.49. The highest BCUT2D eigenvalue weighted by molar-refractivity contribution is 7.26. The number of rotatable bonds is 5. The molecule has 0 N–H and O–H groups in total. The standard InChI is InChI=1S/C44H28N2OS/c1-3-13-31(14-4-1)45(34-23-25-40-38(28-34)35-18-7-9-20-39(35)46(40)32-15-5-2-6-16-32)33-17-11-12-29(26-33)30-22-24-36-41(27-30)47-43-37-19-8-10-21-42(37)48-44(36)43/h1-28H. The summed E-state index contributed by atoms with van der Waals surface area (Å²) in [4.78, 5) is 2.35. The second kappa shape index (κ2) is 10.7. The molecule has 4 heteroatoms. The molecule has 0 saturated heterocycles. The fraction of sp³-hybridized carbons (Fsp3) is 0. The van der Waals surface area contributed by atoms with Crippen LogP contribution in [0.3, 0.4) is 0 Å². The van der Waals surface area contributed by atoms with E-state index in [1.807, 2.05) is 0 Å². The van der Waals surface area contributed by atoms with Gasteiger partial charge in [0.2, 0.25) is 0 Å². The number of benzene rings is 7. The molecule has 0 amide bonds. The summed E-state index contributed by atoms with van der Waals surface area (Å²) in [7, 11) is 0. The molecule has 0 aliphatic heterocycles. The Kier molecular flexibility index (Phi) is 6.05. The third-order valence-electron chi connectivity index (χ3n) is 9.37. The van der Waals surface area contributed by atoms with Gasteiger partial charge in [0.1, 0.15) is 5.58 Å². The molecule has 7 aromatic carbocycles. The minimum absolute atomic E-state index is 0.921. The molecule has 226 valence electrons. The van der Waals surface area contributed by atoms with Gasteiger partial charge in [-0.25, -0.2) is 0 Å². The summed E-state index contributed by atoms with van der Waals surface area (Å²) in [5, 5.41) is 4.80. The van der Waals surface area contributed by atoms with Crippen LogP contribution in [0.15, 0.2) is 174 Å². The number of nitrogens with zero attached hydrogens (tertiary/aromatic N) is 2. The monoisotopic (exact) mass is 632 g/mol. The first-order chi connectivity index (χ1) is 23.8. The zero-order valence-corrected chi connectivity index (χ0v) is 26.7. The Bertz CT molecular complexity index is 2790. The van der Waals surface area contributed by atoms with Crippen molar-refractivity contribution in [3.8, 4) is 16.8 Å². The van der Waals surface area contributed by atoms with Crippen LogP contribution in [0.5, 0.6) is 0 Å². The largest absolute Gasteiger partial charge is 0.454 e. The fourth-order valence-electron chi connectivity index (χ4n) is 7.19. The van der Waals surface area contributed by atoms with E-state index in [-0.39, 0.29) is 0 Å². The number of hydrogen-bond donors (Lipinski definition) is 0. The molecule has 0 bridgehead atoms. The summed E-state index contributed by atoms with van der Waals surface area (Å²) in [5.74, 6) is 0. The predicted octanol–water partition coefficient (Wildman–Crippen LogP) is 13.0. The van der Waals surface area contributed by atoms with Crippen LogP contribution < -0.4 is 4.90 Å². The van der Waals surface area contributed by atoms with Crippen molar-refractivity contribution in [3.05, 3.63) is 170 Å². The molecule has 0 aliphatic rings. The molecule has 3 nitrogen and oxygen atoms in total. The summed E-state index contributed by atoms with van der Waals surface area (Å²) in [6, 6.07) is 60.7. The number of anilines is 3. The van der Waals surface area contributed by atoms with Gasteiger partial charge in [-0.1, -0.05) is 84.9 Å². The maximum Gasteiger partial charge on any atom is 0.154 e. The minimum atomic E-state index is 0.921. The quantitative estimate of drug-likeness (QED) is 0.188. The van der Waals surface area contributed by atoms with E-state index in [1.54, 1.807) is 11.3 Å². The lowest BCUT2D eigenvalue weighted by atomic mass is 10.0. The summed E-state index contributed by atoms with van der Waals surface area (Å²) in [6.45, 7) is 0. The van der Waals surface area contributed by atoms with Crippen LogP contribution >= 0.6 is 11.3 Å². The van der Waals surface area contributed by atoms with Gasteiger partial charge in [-0.05, 0) is 96.1 Å². The minimum Gasteiger partial charge on any atom is -0.454 e. The van der Waals surface area contributed by atoms with E-state index in [4.69, 9.17) is 4.42 Å². The molecule has 0 spiro atoms. The Morgan fingerprint density at radius 2 is 1.15 bits per heavy atom. The molecule has 3 heterocycles. The average Bonchev–Trinajstić information content (AvgIpc) is 3.80. The SMILES string of the molecule is c1ccc(N(c2cccc(-c3ccc4c(c3)oc3c5ccccc5sc43)c2)c2ccc3c(c2)c2ccccc2n3-c2ccccc2)cc1. The molecule has 0 unspecified atom stereocenters. The third-order valence-corrected chi connectivity index (χ3v) is 10.6. The molecule has 48 heavy (non-hydrogen) atoms. The lowest BCUT2D eigenvalue weighted by Gasteiger charge is -2.26. The van der Waals surface area contributed by atoms with E-state index in [0.29, 0.717) is 0 Å². The molecule has 0 atom stereocenters. The van der Waals surface area contributed by atoms with Gasteiger partial charge in [0.05, 0.1) is 15.7 Å². The van der Waals surface area contributed by atoms with Crippen LogP contribution in [0.25, 0.3) is 70.0 Å². The molecular formula is C44H28N2OS. The number of fused-ring (bicyclic) bond motifs is 8. The second-order valence-corrected chi connectivity index (χ2v) is 13.2. The van der Waals surface area contributed by atoms with Crippen LogP contribution in [-0.2, 0) is 0 Å². The third kappa shape index (κ3) is 4.20. The topological polar surface area (TPSA) is 21.3 Å². The first-order valence-corrected chi connectivity index (χ1v) is 17.0. The number of thiophene rings is 1. The normalized spacial score (nSPS) is 11.8. The Hall–Kier alpha value is -6.10. The van der Waals surface area contributed by atoms with Gasteiger partial charge in [0.15, 0.2) is 5.58 Å². The van der Waals surface area contributed by atoms with Crippen LogP contribution in [0.1, 0.15) is 0 Å². The van der Waals surface area contributed by atoms with Crippen molar-refractivity contribution in [3.63, 3.8) is 0 Å². The highest BCUT2D eigenvalue weighted by atomic mass is 32.1. The van der Waals surface area contributed by atoms with Crippen molar-refractivity contribution in [2.45, 2.75) is 0 Å². The van der Waals surface area contributed by atoms with Gasteiger partial charge in [0, 0.05) is 49.0 Å². The van der Waals surface area contributed by atoms with Crippen molar-refractivity contribution in [2.75, 3.05) is 4.90 Å². The molecule has 0 saturated carbocycles. The number of para-hydroxylation sites is 3. The summed E-state index contributed by atoms with van der Waals surface area (Å²) in [6.07, 6.45) is 0. The van der Waals surface area contributed by atoms with Gasteiger partial charge < -0.3 is 13.9 Å². The Morgan fingerprint density at radius 3 is 2.02 bits per heavy atom. The lowest BCUT2D eigenvalue weighted by molar-refractivity contribution is 0.673. The molecule has 0 aliphatic carbocycles. The second-order valence-electron chi connectivity index (χ2n) is 12.2. The van der Waals surface area contributed by atoms with E-state index >= 15 is 0 Å². The van der Waals surface area contributed by atoms with E-state index < -0.39 is 0 Å². The van der Waals surface area contributed by atoms with Crippen LogP contribution in [0.2, 0.25) is 0 Å². The van der Waals surface area contributed by atoms with E-state index in [9.17, 15) is 0 Å². The van der Waals surface area contributed by atoms with Gasteiger partial charge >= 0.3 is 0 Å². The van der Waals surface area contributed by atoms with Gasteiger partial charge in [0.25, 0.3) is 0 Å². The maximum atomic E-state index is 6.49. The van der Waals surface area contributed by atoms with Crippen LogP contribution in [-0.4, -0.2) is 4.57 Å². The highest BCUT2D eigenvalue weighted by Gasteiger charge is 2.19. The molecule has 0 fully saturated rings. The first-order valence-electron chi connectivity index (χ1n) is 16.2. The van der Waals surface area contributed by atoms with Crippen LogP contribution in [0, 0.1) is 0 Å². The highest BCUT2D eigenvalue weighted by Crippen LogP contribution is 2.43. The molecule has 0 radical (unpaired) electrons. The van der Waals surface area contributed by atoms with Crippen molar-refractivity contribution in [1.82, 2.24) is 4.57 Å². The van der Waals surface area contributed by atoms with Crippen molar-refractivity contribution in [2.24, 2.45) is 0 Å². The molecule has 10 aromatic rings. The Morgan fingerprint density at radius 1 is 0.458 bits per heavy atom. The van der Waals surface area contributed by atoms with Gasteiger partial charge in [-0.3, -0.25) is 0 Å². The van der Waals surface area contributed by atoms with E-state index in [0.717, 1.165) is 45.0 Å². The lowest BCUT2D eigenvalue weighted by Crippen LogP contribution is -2.09. The van der Waals surface area contributed by atoms with Crippen molar-refractivity contribution >= 4 is 81.5 Å². The molecule has 10 rings (SSSR count). The van der Waals surface area contributed by atoms with E-state index in [1.165, 1.54) is 42.0 Å². The first kappa shape index (κ1) is 27.1. The fourth-order valence-corrected chi connectivity index (χ4v) is 8.35. The Balaban J connectivity index is 1.12. The summed E-state index contributed by atoms with van der Waals surface area (Å²) in [5.41, 5.74) is 11.0.